The summed E-state index contributed by atoms with van der Waals surface area (Å²) in [6.45, 7) is 1.11. The van der Waals surface area contributed by atoms with Gasteiger partial charge in [-0.25, -0.2) is 4.39 Å². The molecule has 0 saturated carbocycles. The van der Waals surface area contributed by atoms with Crippen LogP contribution in [-0.4, -0.2) is 24.3 Å². The van der Waals surface area contributed by atoms with Gasteiger partial charge in [0.2, 0.25) is 0 Å². The Bertz CT molecular complexity index is 336. The predicted molar refractivity (Wildman–Crippen MR) is 57.3 cm³/mol. The Balaban J connectivity index is 2.17. The molecule has 3 heteroatoms. The Kier molecular flexibility index (Phi) is 3.34. The van der Waals surface area contributed by atoms with E-state index in [9.17, 15) is 4.39 Å². The molecule has 82 valence electrons. The van der Waals surface area contributed by atoms with Crippen molar-refractivity contribution in [1.29, 1.82) is 0 Å². The van der Waals surface area contributed by atoms with Gasteiger partial charge in [0.15, 0.2) is 0 Å². The molecule has 1 atom stereocenters. The fraction of sp³-hybridized carbons (Fsp3) is 0.500. The Morgan fingerprint density at radius 2 is 2.27 bits per heavy atom. The van der Waals surface area contributed by atoms with E-state index in [-0.39, 0.29) is 12.4 Å². The van der Waals surface area contributed by atoms with E-state index in [2.05, 4.69) is 5.32 Å². The first-order valence-electron chi connectivity index (χ1n) is 5.42. The Morgan fingerprint density at radius 3 is 2.87 bits per heavy atom. The molecule has 0 radical (unpaired) electrons. The van der Waals surface area contributed by atoms with E-state index in [4.69, 9.17) is 5.11 Å². The maximum atomic E-state index is 13.6. The number of aliphatic hydroxyl groups excluding tert-OH is 1. The SMILES string of the molecule is OCCc1cccc(F)c1CC1CCN1. The summed E-state index contributed by atoms with van der Waals surface area (Å²) in [5, 5.41) is 12.2. The van der Waals surface area contributed by atoms with E-state index in [0.717, 1.165) is 30.5 Å². The van der Waals surface area contributed by atoms with Gasteiger partial charge < -0.3 is 10.4 Å². The van der Waals surface area contributed by atoms with E-state index < -0.39 is 0 Å². The molecule has 0 bridgehead atoms. The number of hydrogen-bond acceptors (Lipinski definition) is 2. The molecule has 15 heavy (non-hydrogen) atoms. The Morgan fingerprint density at radius 1 is 1.47 bits per heavy atom. The van der Waals surface area contributed by atoms with E-state index >= 15 is 0 Å². The van der Waals surface area contributed by atoms with Crippen LogP contribution < -0.4 is 5.32 Å². The third-order valence-corrected chi connectivity index (χ3v) is 2.97. The summed E-state index contributed by atoms with van der Waals surface area (Å²) in [6.07, 6.45) is 2.40. The molecule has 2 N–H and O–H groups in total. The van der Waals surface area contributed by atoms with Gasteiger partial charge in [0, 0.05) is 12.6 Å². The van der Waals surface area contributed by atoms with Gasteiger partial charge >= 0.3 is 0 Å². The van der Waals surface area contributed by atoms with Gasteiger partial charge in [-0.05, 0) is 43.0 Å². The molecule has 0 aromatic heterocycles. The third-order valence-electron chi connectivity index (χ3n) is 2.97. The molecule has 1 aliphatic heterocycles. The maximum Gasteiger partial charge on any atom is 0.126 e. The average Bonchev–Trinajstić information content (AvgIpc) is 2.15. The van der Waals surface area contributed by atoms with Crippen molar-refractivity contribution >= 4 is 0 Å². The normalized spacial score (nSPS) is 20.0. The number of aliphatic hydroxyl groups is 1. The topological polar surface area (TPSA) is 32.3 Å². The van der Waals surface area contributed by atoms with Crippen molar-refractivity contribution in [2.45, 2.75) is 25.3 Å². The van der Waals surface area contributed by atoms with Crippen LogP contribution in [0.15, 0.2) is 18.2 Å². The lowest BCUT2D eigenvalue weighted by molar-refractivity contribution is 0.298. The zero-order valence-electron chi connectivity index (χ0n) is 8.67. The van der Waals surface area contributed by atoms with Crippen molar-refractivity contribution in [2.24, 2.45) is 0 Å². The fourth-order valence-corrected chi connectivity index (χ4v) is 1.96. The quantitative estimate of drug-likeness (QED) is 0.782. The van der Waals surface area contributed by atoms with E-state index in [1.165, 1.54) is 6.07 Å². The van der Waals surface area contributed by atoms with Gasteiger partial charge in [-0.1, -0.05) is 12.1 Å². The first-order chi connectivity index (χ1) is 7.31. The second-order valence-electron chi connectivity index (χ2n) is 3.99. The molecule has 1 aromatic rings. The van der Waals surface area contributed by atoms with Crippen LogP contribution in [0, 0.1) is 5.82 Å². The highest BCUT2D eigenvalue weighted by Gasteiger charge is 2.19. The smallest absolute Gasteiger partial charge is 0.126 e. The van der Waals surface area contributed by atoms with Crippen molar-refractivity contribution in [3.05, 3.63) is 35.1 Å². The highest BCUT2D eigenvalue weighted by molar-refractivity contribution is 5.30. The maximum absolute atomic E-state index is 13.6. The molecule has 0 spiro atoms. The molecule has 1 unspecified atom stereocenters. The zero-order chi connectivity index (χ0) is 10.7. The summed E-state index contributed by atoms with van der Waals surface area (Å²) in [5.74, 6) is -0.144. The van der Waals surface area contributed by atoms with E-state index in [0.29, 0.717) is 12.5 Å². The van der Waals surface area contributed by atoms with Gasteiger partial charge in [-0.15, -0.1) is 0 Å². The highest BCUT2D eigenvalue weighted by atomic mass is 19.1. The van der Waals surface area contributed by atoms with E-state index in [1.807, 2.05) is 6.07 Å². The molecule has 1 aromatic carbocycles. The Hall–Kier alpha value is -0.930. The minimum absolute atomic E-state index is 0.0779. The lowest BCUT2D eigenvalue weighted by Crippen LogP contribution is -2.44. The summed E-state index contributed by atoms with van der Waals surface area (Å²) in [6, 6.07) is 5.51. The van der Waals surface area contributed by atoms with Crippen molar-refractivity contribution < 1.29 is 9.50 Å². The third kappa shape index (κ3) is 2.36. The van der Waals surface area contributed by atoms with E-state index in [1.54, 1.807) is 6.07 Å². The lowest BCUT2D eigenvalue weighted by Gasteiger charge is -2.28. The standard InChI is InChI=1S/C12H16FNO/c13-12-3-1-2-9(5-7-15)11(12)8-10-4-6-14-10/h1-3,10,14-15H,4-8H2. The molecule has 1 fully saturated rings. The summed E-state index contributed by atoms with van der Waals surface area (Å²) in [5.41, 5.74) is 1.70. The number of hydrogen-bond donors (Lipinski definition) is 2. The molecule has 0 amide bonds. The molecule has 2 nitrogen and oxygen atoms in total. The van der Waals surface area contributed by atoms with Crippen LogP contribution in [0.4, 0.5) is 4.39 Å². The summed E-state index contributed by atoms with van der Waals surface area (Å²) in [4.78, 5) is 0. The van der Waals surface area contributed by atoms with Gasteiger partial charge in [0.1, 0.15) is 5.82 Å². The molecular formula is C12H16FNO. The molecule has 1 heterocycles. The second-order valence-corrected chi connectivity index (χ2v) is 3.99. The van der Waals surface area contributed by atoms with Crippen LogP contribution in [0.5, 0.6) is 0 Å². The number of nitrogens with one attached hydrogen (secondary N) is 1. The van der Waals surface area contributed by atoms with Crippen LogP contribution in [0.1, 0.15) is 17.5 Å². The zero-order valence-corrected chi connectivity index (χ0v) is 8.67. The molecule has 1 saturated heterocycles. The number of benzene rings is 1. The Labute approximate surface area is 89.1 Å². The largest absolute Gasteiger partial charge is 0.396 e. The second kappa shape index (κ2) is 4.73. The van der Waals surface area contributed by atoms with Crippen molar-refractivity contribution in [3.63, 3.8) is 0 Å². The van der Waals surface area contributed by atoms with Crippen LogP contribution >= 0.6 is 0 Å². The predicted octanol–water partition coefficient (Wildman–Crippen LogP) is 1.26. The van der Waals surface area contributed by atoms with Crippen LogP contribution in [-0.2, 0) is 12.8 Å². The van der Waals surface area contributed by atoms with Crippen LogP contribution in [0.25, 0.3) is 0 Å². The van der Waals surface area contributed by atoms with Gasteiger partial charge in [0.05, 0.1) is 0 Å². The summed E-state index contributed by atoms with van der Waals surface area (Å²) >= 11 is 0. The lowest BCUT2D eigenvalue weighted by atomic mass is 9.93. The summed E-state index contributed by atoms with van der Waals surface area (Å²) in [7, 11) is 0. The van der Waals surface area contributed by atoms with Crippen LogP contribution in [0.3, 0.4) is 0 Å². The van der Waals surface area contributed by atoms with Gasteiger partial charge in [0.25, 0.3) is 0 Å². The van der Waals surface area contributed by atoms with Crippen molar-refractivity contribution in [2.75, 3.05) is 13.2 Å². The average molecular weight is 209 g/mol. The molecule has 2 rings (SSSR count). The minimum Gasteiger partial charge on any atom is -0.396 e. The molecular weight excluding hydrogens is 193 g/mol. The summed E-state index contributed by atoms with van der Waals surface area (Å²) < 4.78 is 13.6. The van der Waals surface area contributed by atoms with Crippen molar-refractivity contribution in [3.8, 4) is 0 Å². The minimum atomic E-state index is -0.144. The first kappa shape index (κ1) is 10.6. The fourth-order valence-electron chi connectivity index (χ4n) is 1.96. The van der Waals surface area contributed by atoms with Gasteiger partial charge in [-0.2, -0.15) is 0 Å². The first-order valence-corrected chi connectivity index (χ1v) is 5.42. The number of halogens is 1. The van der Waals surface area contributed by atoms with Crippen LogP contribution in [0.2, 0.25) is 0 Å². The molecule has 1 aliphatic rings. The number of rotatable bonds is 4. The van der Waals surface area contributed by atoms with Crippen molar-refractivity contribution in [1.82, 2.24) is 5.32 Å². The van der Waals surface area contributed by atoms with Gasteiger partial charge in [-0.3, -0.25) is 0 Å². The monoisotopic (exact) mass is 209 g/mol. The highest BCUT2D eigenvalue weighted by Crippen LogP contribution is 2.19. The molecule has 0 aliphatic carbocycles.